The van der Waals surface area contributed by atoms with Crippen molar-refractivity contribution in [2.45, 2.75) is 13.3 Å². The highest BCUT2D eigenvalue weighted by Crippen LogP contribution is 2.12. The van der Waals surface area contributed by atoms with Gasteiger partial charge < -0.3 is 14.8 Å². The minimum Gasteiger partial charge on any atom is -0.463 e. The second kappa shape index (κ2) is 6.45. The molecule has 0 bridgehead atoms. The molecule has 0 amide bonds. The highest BCUT2D eigenvalue weighted by Gasteiger charge is 2.06. The normalized spacial score (nSPS) is 9.31. The molecule has 6 nitrogen and oxygen atoms in total. The molecule has 1 rings (SSSR count). The molecule has 0 unspecified atom stereocenters. The number of nitrogens with one attached hydrogen (secondary N) is 1. The Morgan fingerprint density at radius 3 is 2.50 bits per heavy atom. The van der Waals surface area contributed by atoms with Crippen molar-refractivity contribution >= 4 is 5.95 Å². The number of hydrogen-bond donors (Lipinski definition) is 1. The Balaban J connectivity index is 2.79. The highest BCUT2D eigenvalue weighted by atomic mass is 16.5. The van der Waals surface area contributed by atoms with Gasteiger partial charge in [0.25, 0.3) is 0 Å². The summed E-state index contributed by atoms with van der Waals surface area (Å²) >= 11 is 0. The molecule has 0 saturated heterocycles. The Labute approximate surface area is 94.4 Å². The second-order valence-corrected chi connectivity index (χ2v) is 2.82. The van der Waals surface area contributed by atoms with E-state index in [1.54, 1.807) is 7.05 Å². The number of anilines is 1. The molecule has 0 fully saturated rings. The van der Waals surface area contributed by atoms with Gasteiger partial charge >= 0.3 is 12.0 Å². The van der Waals surface area contributed by atoms with Gasteiger partial charge in [0.15, 0.2) is 6.61 Å². The van der Waals surface area contributed by atoms with Gasteiger partial charge in [0.2, 0.25) is 5.95 Å². The number of ether oxygens (including phenoxy) is 2. The van der Waals surface area contributed by atoms with Gasteiger partial charge in [-0.1, -0.05) is 12.8 Å². The van der Waals surface area contributed by atoms with E-state index >= 15 is 0 Å². The first-order valence-electron chi connectivity index (χ1n) is 4.93. The van der Waals surface area contributed by atoms with E-state index in [0.29, 0.717) is 12.6 Å². The van der Waals surface area contributed by atoms with E-state index in [9.17, 15) is 0 Å². The number of nitrogens with zero attached hydrogens (tertiary/aromatic N) is 3. The van der Waals surface area contributed by atoms with Crippen molar-refractivity contribution in [3.63, 3.8) is 0 Å². The third-order valence-corrected chi connectivity index (χ3v) is 1.54. The highest BCUT2D eigenvalue weighted by molar-refractivity contribution is 5.26. The molecule has 1 heterocycles. The second-order valence-electron chi connectivity index (χ2n) is 2.82. The molecule has 1 aromatic heterocycles. The Morgan fingerprint density at radius 2 is 1.94 bits per heavy atom. The number of terminal acetylenes is 1. The monoisotopic (exact) mass is 222 g/mol. The zero-order valence-corrected chi connectivity index (χ0v) is 9.36. The Hall–Kier alpha value is -2.03. The molecule has 6 heteroatoms. The smallest absolute Gasteiger partial charge is 0.325 e. The van der Waals surface area contributed by atoms with Gasteiger partial charge in [0, 0.05) is 7.05 Å². The summed E-state index contributed by atoms with van der Waals surface area (Å²) in [5.74, 6) is 2.71. The zero-order chi connectivity index (χ0) is 11.8. The molecule has 1 aromatic rings. The lowest BCUT2D eigenvalue weighted by Gasteiger charge is -2.06. The van der Waals surface area contributed by atoms with Crippen LogP contribution in [-0.4, -0.2) is 35.2 Å². The molecular weight excluding hydrogens is 208 g/mol. The Morgan fingerprint density at radius 1 is 1.25 bits per heavy atom. The topological polar surface area (TPSA) is 69.2 Å². The summed E-state index contributed by atoms with van der Waals surface area (Å²) in [6, 6.07) is 0.386. The van der Waals surface area contributed by atoms with E-state index in [1.807, 2.05) is 6.92 Å². The van der Waals surface area contributed by atoms with Gasteiger partial charge in [-0.2, -0.15) is 9.97 Å². The van der Waals surface area contributed by atoms with Gasteiger partial charge in [0.1, 0.15) is 0 Å². The van der Waals surface area contributed by atoms with Crippen molar-refractivity contribution in [1.29, 1.82) is 0 Å². The molecule has 16 heavy (non-hydrogen) atoms. The third-order valence-electron chi connectivity index (χ3n) is 1.54. The van der Waals surface area contributed by atoms with Crippen LogP contribution in [0.3, 0.4) is 0 Å². The molecule has 0 aromatic carbocycles. The summed E-state index contributed by atoms with van der Waals surface area (Å²) < 4.78 is 10.4. The zero-order valence-electron chi connectivity index (χ0n) is 9.36. The van der Waals surface area contributed by atoms with Gasteiger partial charge in [-0.25, -0.2) is 0 Å². The minimum absolute atomic E-state index is 0.111. The van der Waals surface area contributed by atoms with Crippen LogP contribution in [0.25, 0.3) is 0 Å². The van der Waals surface area contributed by atoms with E-state index in [2.05, 4.69) is 26.2 Å². The van der Waals surface area contributed by atoms with Gasteiger partial charge in [-0.3, -0.25) is 0 Å². The molecule has 1 N–H and O–H groups in total. The van der Waals surface area contributed by atoms with Crippen LogP contribution >= 0.6 is 0 Å². The van der Waals surface area contributed by atoms with Crippen LogP contribution in [-0.2, 0) is 0 Å². The molecule has 0 saturated carbocycles. The maximum absolute atomic E-state index is 5.28. The number of aromatic nitrogens is 3. The van der Waals surface area contributed by atoms with Crippen LogP contribution in [0.15, 0.2) is 0 Å². The molecule has 0 aliphatic rings. The molecule has 0 spiro atoms. The summed E-state index contributed by atoms with van der Waals surface area (Å²) in [6.45, 7) is 2.65. The van der Waals surface area contributed by atoms with Crippen molar-refractivity contribution in [1.82, 2.24) is 15.0 Å². The molecule has 0 aliphatic heterocycles. The SMILES string of the molecule is C#CCOc1nc(NC)nc(OCCC)n1. The maximum Gasteiger partial charge on any atom is 0.325 e. The largest absolute Gasteiger partial charge is 0.463 e. The van der Waals surface area contributed by atoms with E-state index in [-0.39, 0.29) is 18.6 Å². The van der Waals surface area contributed by atoms with E-state index < -0.39 is 0 Å². The average molecular weight is 222 g/mol. The first-order valence-corrected chi connectivity index (χ1v) is 4.93. The van der Waals surface area contributed by atoms with Crippen molar-refractivity contribution in [2.75, 3.05) is 25.6 Å². The first kappa shape index (κ1) is 12.0. The van der Waals surface area contributed by atoms with Crippen LogP contribution in [0.2, 0.25) is 0 Å². The fourth-order valence-corrected chi connectivity index (χ4v) is 0.878. The lowest BCUT2D eigenvalue weighted by molar-refractivity contribution is 0.276. The molecular formula is C10H14N4O2. The summed E-state index contributed by atoms with van der Waals surface area (Å²) in [5, 5.41) is 2.79. The third kappa shape index (κ3) is 3.61. The summed E-state index contributed by atoms with van der Waals surface area (Å²) in [4.78, 5) is 11.9. The average Bonchev–Trinajstić information content (AvgIpc) is 2.33. The fourth-order valence-electron chi connectivity index (χ4n) is 0.878. The minimum atomic E-state index is 0.111. The van der Waals surface area contributed by atoms with Crippen molar-refractivity contribution in [2.24, 2.45) is 0 Å². The van der Waals surface area contributed by atoms with Crippen LogP contribution in [0.1, 0.15) is 13.3 Å². The van der Waals surface area contributed by atoms with Crippen LogP contribution in [0.4, 0.5) is 5.95 Å². The van der Waals surface area contributed by atoms with E-state index in [4.69, 9.17) is 15.9 Å². The number of hydrogen-bond acceptors (Lipinski definition) is 6. The Bertz CT molecular complexity index is 376. The van der Waals surface area contributed by atoms with Crippen molar-refractivity contribution < 1.29 is 9.47 Å². The molecule has 0 radical (unpaired) electrons. The fraction of sp³-hybridized carbons (Fsp3) is 0.500. The summed E-state index contributed by atoms with van der Waals surface area (Å²) in [6.07, 6.45) is 5.95. The standard InChI is InChI=1S/C10H14N4O2/c1-4-6-15-9-12-8(11-3)13-10(14-9)16-7-5-2/h1H,5-7H2,2-3H3,(H,11,12,13,14). The predicted molar refractivity (Wildman–Crippen MR) is 59.5 cm³/mol. The molecule has 0 aliphatic carbocycles. The van der Waals surface area contributed by atoms with Crippen LogP contribution in [0, 0.1) is 12.3 Å². The quantitative estimate of drug-likeness (QED) is 0.715. The van der Waals surface area contributed by atoms with E-state index in [1.165, 1.54) is 0 Å². The maximum atomic E-state index is 5.28. The van der Waals surface area contributed by atoms with Gasteiger partial charge in [-0.05, 0) is 6.42 Å². The predicted octanol–water partition coefficient (Wildman–Crippen LogP) is 0.714. The molecule has 86 valence electrons. The Kier molecular flexibility index (Phi) is 4.86. The molecule has 0 atom stereocenters. The van der Waals surface area contributed by atoms with Crippen LogP contribution < -0.4 is 14.8 Å². The lowest BCUT2D eigenvalue weighted by atomic mass is 10.5. The number of rotatable bonds is 6. The summed E-state index contributed by atoms with van der Waals surface area (Å²) in [5.41, 5.74) is 0. The first-order chi connectivity index (χ1) is 7.80. The van der Waals surface area contributed by atoms with E-state index in [0.717, 1.165) is 6.42 Å². The summed E-state index contributed by atoms with van der Waals surface area (Å²) in [7, 11) is 1.70. The van der Waals surface area contributed by atoms with Gasteiger partial charge in [-0.15, -0.1) is 11.4 Å². The lowest BCUT2D eigenvalue weighted by Crippen LogP contribution is -2.07. The van der Waals surface area contributed by atoms with Crippen molar-refractivity contribution in [3.05, 3.63) is 0 Å². The van der Waals surface area contributed by atoms with Gasteiger partial charge in [0.05, 0.1) is 6.61 Å². The van der Waals surface area contributed by atoms with Crippen LogP contribution in [0.5, 0.6) is 12.0 Å². The van der Waals surface area contributed by atoms with Crippen molar-refractivity contribution in [3.8, 4) is 24.4 Å².